The fourth-order valence-corrected chi connectivity index (χ4v) is 4.39. The Labute approximate surface area is 158 Å². The van der Waals surface area contributed by atoms with E-state index in [2.05, 4.69) is 4.98 Å². The lowest BCUT2D eigenvalue weighted by molar-refractivity contribution is -0.117. The van der Waals surface area contributed by atoms with Gasteiger partial charge in [-0.05, 0) is 36.8 Å². The van der Waals surface area contributed by atoms with Gasteiger partial charge >= 0.3 is 0 Å². The van der Waals surface area contributed by atoms with E-state index in [-0.39, 0.29) is 10.8 Å². The smallest absolute Gasteiger partial charge is 0.242 e. The van der Waals surface area contributed by atoms with Gasteiger partial charge in [0.15, 0.2) is 0 Å². The van der Waals surface area contributed by atoms with E-state index in [9.17, 15) is 13.2 Å². The van der Waals surface area contributed by atoms with Crippen LogP contribution in [0, 0.1) is 0 Å². The molecule has 2 heterocycles. The molecule has 140 valence electrons. The molecule has 6 nitrogen and oxygen atoms in total. The predicted molar refractivity (Wildman–Crippen MR) is 106 cm³/mol. The summed E-state index contributed by atoms with van der Waals surface area (Å²) < 4.78 is 26.4. The molecule has 27 heavy (non-hydrogen) atoms. The molecular formula is C20H21N3O3S. The highest BCUT2D eigenvalue weighted by Gasteiger charge is 2.27. The Balaban J connectivity index is 1.93. The average molecular weight is 383 g/mol. The van der Waals surface area contributed by atoms with Gasteiger partial charge in [0, 0.05) is 49.2 Å². The molecule has 0 saturated carbocycles. The van der Waals surface area contributed by atoms with E-state index in [1.807, 2.05) is 30.3 Å². The minimum absolute atomic E-state index is 0.0653. The molecule has 0 bridgehead atoms. The minimum atomic E-state index is -3.58. The summed E-state index contributed by atoms with van der Waals surface area (Å²) in [7, 11) is -0.556. The molecule has 1 fully saturated rings. The Hall–Kier alpha value is -2.64. The Morgan fingerprint density at radius 1 is 1.07 bits per heavy atom. The van der Waals surface area contributed by atoms with Crippen molar-refractivity contribution in [3.05, 3.63) is 48.5 Å². The molecule has 1 aliphatic heterocycles. The van der Waals surface area contributed by atoms with E-state index in [1.54, 1.807) is 23.1 Å². The number of aromatic nitrogens is 1. The normalized spacial score (nSPS) is 15.2. The molecule has 7 heteroatoms. The van der Waals surface area contributed by atoms with Gasteiger partial charge < -0.3 is 9.88 Å². The SMILES string of the molecule is CN(C)S(=O)(=O)c1ccc(N2CCCC2=O)c(-c2cc3ccccc3[nH]2)c1. The van der Waals surface area contributed by atoms with Crippen molar-refractivity contribution in [1.82, 2.24) is 9.29 Å². The number of sulfonamides is 1. The molecule has 0 aliphatic carbocycles. The van der Waals surface area contributed by atoms with Crippen LogP contribution >= 0.6 is 0 Å². The van der Waals surface area contributed by atoms with Crippen molar-refractivity contribution in [2.75, 3.05) is 25.5 Å². The second-order valence-electron chi connectivity index (χ2n) is 6.89. The van der Waals surface area contributed by atoms with E-state index in [0.717, 1.165) is 28.7 Å². The molecule has 0 unspecified atom stereocenters. The molecule has 0 radical (unpaired) electrons. The third kappa shape index (κ3) is 3.02. The second kappa shape index (κ2) is 6.51. The third-order valence-electron chi connectivity index (χ3n) is 4.93. The van der Waals surface area contributed by atoms with Crippen molar-refractivity contribution in [1.29, 1.82) is 0 Å². The molecule has 1 aliphatic rings. The van der Waals surface area contributed by atoms with E-state index in [0.29, 0.717) is 18.5 Å². The number of amides is 1. The lowest BCUT2D eigenvalue weighted by Crippen LogP contribution is -2.25. The van der Waals surface area contributed by atoms with Crippen LogP contribution in [0.25, 0.3) is 22.2 Å². The second-order valence-corrected chi connectivity index (χ2v) is 9.04. The number of hydrogen-bond donors (Lipinski definition) is 1. The first-order chi connectivity index (χ1) is 12.9. The zero-order chi connectivity index (χ0) is 19.2. The van der Waals surface area contributed by atoms with Crippen LogP contribution in [0.3, 0.4) is 0 Å². The number of carbonyl (C=O) groups is 1. The van der Waals surface area contributed by atoms with Gasteiger partial charge in [-0.15, -0.1) is 0 Å². The summed E-state index contributed by atoms with van der Waals surface area (Å²) in [6.45, 7) is 0.645. The highest BCUT2D eigenvalue weighted by molar-refractivity contribution is 7.89. The number of para-hydroxylation sites is 1. The van der Waals surface area contributed by atoms with E-state index in [1.165, 1.54) is 18.4 Å². The summed E-state index contributed by atoms with van der Waals surface area (Å²) in [5.74, 6) is 0.0653. The van der Waals surface area contributed by atoms with Gasteiger partial charge in [0.25, 0.3) is 0 Å². The fraction of sp³-hybridized carbons (Fsp3) is 0.250. The minimum Gasteiger partial charge on any atom is -0.354 e. The van der Waals surface area contributed by atoms with Crippen LogP contribution in [-0.2, 0) is 14.8 Å². The van der Waals surface area contributed by atoms with Gasteiger partial charge in [-0.1, -0.05) is 18.2 Å². The van der Waals surface area contributed by atoms with Crippen molar-refractivity contribution in [2.45, 2.75) is 17.7 Å². The van der Waals surface area contributed by atoms with Crippen molar-refractivity contribution in [3.63, 3.8) is 0 Å². The quantitative estimate of drug-likeness (QED) is 0.752. The largest absolute Gasteiger partial charge is 0.354 e. The zero-order valence-corrected chi connectivity index (χ0v) is 16.1. The van der Waals surface area contributed by atoms with Crippen molar-refractivity contribution in [2.24, 2.45) is 0 Å². The standard InChI is InChI=1S/C20H21N3O3S/c1-22(2)27(25,26)15-9-10-19(23-11-5-8-20(23)24)16(13-15)18-12-14-6-3-4-7-17(14)21-18/h3-4,6-7,9-10,12-13,21H,5,8,11H2,1-2H3. The van der Waals surface area contributed by atoms with Crippen LogP contribution in [0.5, 0.6) is 0 Å². The predicted octanol–water partition coefficient (Wildman–Crippen LogP) is 3.21. The van der Waals surface area contributed by atoms with Crippen LogP contribution < -0.4 is 4.90 Å². The number of aromatic amines is 1. The highest BCUT2D eigenvalue weighted by Crippen LogP contribution is 2.36. The van der Waals surface area contributed by atoms with Gasteiger partial charge in [0.1, 0.15) is 0 Å². The molecule has 4 rings (SSSR count). The number of fused-ring (bicyclic) bond motifs is 1. The fourth-order valence-electron chi connectivity index (χ4n) is 3.46. The molecule has 1 N–H and O–H groups in total. The van der Waals surface area contributed by atoms with Crippen LogP contribution in [0.15, 0.2) is 53.4 Å². The molecule has 0 spiro atoms. The lowest BCUT2D eigenvalue weighted by Gasteiger charge is -2.21. The topological polar surface area (TPSA) is 73.5 Å². The Morgan fingerprint density at radius 2 is 1.85 bits per heavy atom. The Kier molecular flexibility index (Phi) is 4.28. The summed E-state index contributed by atoms with van der Waals surface area (Å²) in [5, 5.41) is 1.03. The van der Waals surface area contributed by atoms with E-state index < -0.39 is 10.0 Å². The number of nitrogens with zero attached hydrogens (tertiary/aromatic N) is 2. The summed E-state index contributed by atoms with van der Waals surface area (Å²) in [5.41, 5.74) is 3.21. The van der Waals surface area contributed by atoms with Crippen LogP contribution in [0.1, 0.15) is 12.8 Å². The highest BCUT2D eigenvalue weighted by atomic mass is 32.2. The summed E-state index contributed by atoms with van der Waals surface area (Å²) in [6.07, 6.45) is 1.33. The first-order valence-corrected chi connectivity index (χ1v) is 10.3. The Morgan fingerprint density at radius 3 is 2.52 bits per heavy atom. The number of H-pyrrole nitrogens is 1. The van der Waals surface area contributed by atoms with Gasteiger partial charge in [0.05, 0.1) is 10.6 Å². The molecule has 3 aromatic rings. The number of rotatable bonds is 4. The first kappa shape index (κ1) is 17.8. The van der Waals surface area contributed by atoms with Crippen LogP contribution in [-0.4, -0.2) is 44.3 Å². The monoisotopic (exact) mass is 383 g/mol. The number of carbonyl (C=O) groups excluding carboxylic acids is 1. The summed E-state index contributed by atoms with van der Waals surface area (Å²) in [6, 6.07) is 14.8. The number of benzene rings is 2. The number of anilines is 1. The number of nitrogens with one attached hydrogen (secondary N) is 1. The maximum absolute atomic E-state index is 12.6. The average Bonchev–Trinajstić information content (AvgIpc) is 3.26. The first-order valence-electron chi connectivity index (χ1n) is 8.83. The maximum Gasteiger partial charge on any atom is 0.242 e. The van der Waals surface area contributed by atoms with Crippen molar-refractivity contribution in [3.8, 4) is 11.3 Å². The lowest BCUT2D eigenvalue weighted by atomic mass is 10.1. The van der Waals surface area contributed by atoms with Crippen LogP contribution in [0.2, 0.25) is 0 Å². The summed E-state index contributed by atoms with van der Waals surface area (Å²) >= 11 is 0. The summed E-state index contributed by atoms with van der Waals surface area (Å²) in [4.78, 5) is 17.6. The molecular weight excluding hydrogens is 362 g/mol. The van der Waals surface area contributed by atoms with Gasteiger partial charge in [-0.25, -0.2) is 12.7 Å². The van der Waals surface area contributed by atoms with Crippen molar-refractivity contribution < 1.29 is 13.2 Å². The molecule has 1 aromatic heterocycles. The van der Waals surface area contributed by atoms with Crippen LogP contribution in [0.4, 0.5) is 5.69 Å². The van der Waals surface area contributed by atoms with Gasteiger partial charge in [-0.2, -0.15) is 0 Å². The molecule has 2 aromatic carbocycles. The molecule has 1 saturated heterocycles. The third-order valence-corrected chi connectivity index (χ3v) is 6.74. The Bertz CT molecular complexity index is 1100. The van der Waals surface area contributed by atoms with E-state index in [4.69, 9.17) is 0 Å². The molecule has 1 amide bonds. The van der Waals surface area contributed by atoms with E-state index >= 15 is 0 Å². The van der Waals surface area contributed by atoms with Gasteiger partial charge in [-0.3, -0.25) is 4.79 Å². The maximum atomic E-state index is 12.6. The van der Waals surface area contributed by atoms with Gasteiger partial charge in [0.2, 0.25) is 15.9 Å². The number of hydrogen-bond acceptors (Lipinski definition) is 3. The van der Waals surface area contributed by atoms with Crippen molar-refractivity contribution >= 4 is 32.5 Å². The molecule has 0 atom stereocenters. The zero-order valence-electron chi connectivity index (χ0n) is 15.3.